The van der Waals surface area contributed by atoms with Crippen LogP contribution in [0.2, 0.25) is 0 Å². The summed E-state index contributed by atoms with van der Waals surface area (Å²) >= 11 is 0. The average molecular weight is 342 g/mol. The number of anilines is 1. The van der Waals surface area contributed by atoms with E-state index in [2.05, 4.69) is 17.1 Å². The van der Waals surface area contributed by atoms with Crippen molar-refractivity contribution in [1.29, 1.82) is 0 Å². The molecule has 1 aliphatic rings. The molecule has 2 atom stereocenters. The molecular weight excluding hydrogens is 314 g/mol. The predicted molar refractivity (Wildman–Crippen MR) is 96.3 cm³/mol. The maximum atomic E-state index is 12.2. The van der Waals surface area contributed by atoms with Gasteiger partial charge >= 0.3 is 0 Å². The third-order valence-electron chi connectivity index (χ3n) is 4.17. The van der Waals surface area contributed by atoms with E-state index in [1.165, 1.54) is 0 Å². The van der Waals surface area contributed by atoms with E-state index in [0.29, 0.717) is 31.7 Å². The first-order chi connectivity index (χ1) is 10.6. The summed E-state index contributed by atoms with van der Waals surface area (Å²) in [6.07, 6.45) is 2.21. The Balaban J connectivity index is 0.00000264. The van der Waals surface area contributed by atoms with Crippen LogP contribution in [0.3, 0.4) is 0 Å². The molecule has 0 saturated carbocycles. The number of carbonyl (C=O) groups excluding carboxylic acids is 1. The number of halogens is 1. The van der Waals surface area contributed by atoms with Gasteiger partial charge in [-0.2, -0.15) is 0 Å². The molecule has 1 saturated heterocycles. The fourth-order valence-corrected chi connectivity index (χ4v) is 2.94. The largest absolute Gasteiger partial charge is 0.494 e. The standard InChI is InChI=1S/C17H27N3O2.ClH/c1-3-22-16-6-4-14(5-7-16)19-17(21)12-20-9-8-13(2)10-15(20)11-18;/h4-7,13,15H,3,8-12,18H2,1-2H3,(H,19,21);1H. The maximum Gasteiger partial charge on any atom is 0.238 e. The average Bonchev–Trinajstić information content (AvgIpc) is 2.51. The van der Waals surface area contributed by atoms with Crippen molar-refractivity contribution in [3.05, 3.63) is 24.3 Å². The van der Waals surface area contributed by atoms with Crippen LogP contribution in [0, 0.1) is 5.92 Å². The van der Waals surface area contributed by atoms with Gasteiger partial charge in [0.05, 0.1) is 13.2 Å². The molecule has 0 radical (unpaired) electrons. The summed E-state index contributed by atoms with van der Waals surface area (Å²) in [7, 11) is 0. The molecule has 1 heterocycles. The highest BCUT2D eigenvalue weighted by molar-refractivity contribution is 5.92. The van der Waals surface area contributed by atoms with Crippen LogP contribution < -0.4 is 15.8 Å². The van der Waals surface area contributed by atoms with Crippen LogP contribution in [-0.2, 0) is 4.79 Å². The summed E-state index contributed by atoms with van der Waals surface area (Å²) in [5.41, 5.74) is 6.64. The van der Waals surface area contributed by atoms with Crippen LogP contribution in [0.15, 0.2) is 24.3 Å². The summed E-state index contributed by atoms with van der Waals surface area (Å²) in [6, 6.07) is 7.77. The van der Waals surface area contributed by atoms with Crippen molar-refractivity contribution in [2.24, 2.45) is 11.7 Å². The quantitative estimate of drug-likeness (QED) is 0.834. The van der Waals surface area contributed by atoms with E-state index in [0.717, 1.165) is 30.8 Å². The molecule has 23 heavy (non-hydrogen) atoms. The lowest BCUT2D eigenvalue weighted by Gasteiger charge is -2.37. The molecule has 1 aromatic carbocycles. The van der Waals surface area contributed by atoms with Gasteiger partial charge in [0.2, 0.25) is 5.91 Å². The van der Waals surface area contributed by atoms with Crippen molar-refractivity contribution in [2.45, 2.75) is 32.7 Å². The van der Waals surface area contributed by atoms with Gasteiger partial charge < -0.3 is 15.8 Å². The highest BCUT2D eigenvalue weighted by atomic mass is 35.5. The third-order valence-corrected chi connectivity index (χ3v) is 4.17. The Hall–Kier alpha value is -1.30. The van der Waals surface area contributed by atoms with E-state index in [9.17, 15) is 4.79 Å². The Kier molecular flexibility index (Phi) is 8.37. The van der Waals surface area contributed by atoms with Gasteiger partial charge in [-0.05, 0) is 56.5 Å². The second-order valence-electron chi connectivity index (χ2n) is 6.00. The van der Waals surface area contributed by atoms with Gasteiger partial charge in [0.15, 0.2) is 0 Å². The summed E-state index contributed by atoms with van der Waals surface area (Å²) < 4.78 is 5.39. The van der Waals surface area contributed by atoms with Gasteiger partial charge in [0.25, 0.3) is 0 Å². The number of hydrogen-bond acceptors (Lipinski definition) is 4. The van der Waals surface area contributed by atoms with E-state index in [-0.39, 0.29) is 18.3 Å². The molecule has 1 aliphatic heterocycles. The number of carbonyl (C=O) groups is 1. The van der Waals surface area contributed by atoms with Crippen molar-refractivity contribution >= 4 is 24.0 Å². The molecule has 2 rings (SSSR count). The second kappa shape index (κ2) is 9.75. The second-order valence-corrected chi connectivity index (χ2v) is 6.00. The predicted octanol–water partition coefficient (Wildman–Crippen LogP) is 2.50. The third kappa shape index (κ3) is 6.01. The Morgan fingerprint density at radius 3 is 2.70 bits per heavy atom. The first kappa shape index (κ1) is 19.7. The number of nitrogens with one attached hydrogen (secondary N) is 1. The number of nitrogens with two attached hydrogens (primary N) is 1. The van der Waals surface area contributed by atoms with Gasteiger partial charge in [-0.1, -0.05) is 6.92 Å². The lowest BCUT2D eigenvalue weighted by molar-refractivity contribution is -0.118. The Labute approximate surface area is 145 Å². The van der Waals surface area contributed by atoms with Crippen LogP contribution in [0.1, 0.15) is 26.7 Å². The summed E-state index contributed by atoms with van der Waals surface area (Å²) in [5.74, 6) is 1.52. The van der Waals surface area contributed by atoms with Gasteiger partial charge in [0, 0.05) is 18.3 Å². The zero-order valence-electron chi connectivity index (χ0n) is 14.0. The van der Waals surface area contributed by atoms with Gasteiger partial charge in [-0.3, -0.25) is 9.69 Å². The van der Waals surface area contributed by atoms with E-state index >= 15 is 0 Å². The molecule has 1 fully saturated rings. The number of likely N-dealkylation sites (tertiary alicyclic amines) is 1. The molecule has 1 aromatic rings. The zero-order chi connectivity index (χ0) is 15.9. The van der Waals surface area contributed by atoms with Gasteiger partial charge in [-0.15, -0.1) is 12.4 Å². The molecule has 0 aromatic heterocycles. The maximum absolute atomic E-state index is 12.2. The molecule has 3 N–H and O–H groups in total. The number of ether oxygens (including phenoxy) is 1. The van der Waals surface area contributed by atoms with E-state index in [1.807, 2.05) is 31.2 Å². The minimum absolute atomic E-state index is 0. The molecule has 130 valence electrons. The SMILES string of the molecule is CCOc1ccc(NC(=O)CN2CCC(C)CC2CN)cc1.Cl. The molecule has 5 nitrogen and oxygen atoms in total. The van der Waals surface area contributed by atoms with Crippen molar-refractivity contribution in [2.75, 3.05) is 31.6 Å². The number of benzene rings is 1. The summed E-state index contributed by atoms with van der Waals surface area (Å²) in [5, 5.41) is 2.94. The van der Waals surface area contributed by atoms with Crippen LogP contribution in [0.25, 0.3) is 0 Å². The minimum atomic E-state index is 0. The van der Waals surface area contributed by atoms with Crippen molar-refractivity contribution in [3.63, 3.8) is 0 Å². The normalized spacial score (nSPS) is 21.3. The van der Waals surface area contributed by atoms with E-state index in [4.69, 9.17) is 10.5 Å². The molecule has 0 aliphatic carbocycles. The van der Waals surface area contributed by atoms with Crippen LogP contribution in [-0.4, -0.2) is 43.1 Å². The number of nitrogens with zero attached hydrogens (tertiary/aromatic N) is 1. The minimum Gasteiger partial charge on any atom is -0.494 e. The van der Waals surface area contributed by atoms with Crippen molar-refractivity contribution < 1.29 is 9.53 Å². The molecule has 0 bridgehead atoms. The van der Waals surface area contributed by atoms with Crippen LogP contribution in [0.4, 0.5) is 5.69 Å². The lowest BCUT2D eigenvalue weighted by atomic mass is 9.92. The first-order valence-electron chi connectivity index (χ1n) is 8.09. The fourth-order valence-electron chi connectivity index (χ4n) is 2.94. The molecule has 0 spiro atoms. The number of amides is 1. The monoisotopic (exact) mass is 341 g/mol. The smallest absolute Gasteiger partial charge is 0.238 e. The molecule has 6 heteroatoms. The fraction of sp³-hybridized carbons (Fsp3) is 0.588. The Morgan fingerprint density at radius 1 is 1.39 bits per heavy atom. The topological polar surface area (TPSA) is 67.6 Å². The van der Waals surface area contributed by atoms with E-state index < -0.39 is 0 Å². The highest BCUT2D eigenvalue weighted by Gasteiger charge is 2.26. The number of rotatable bonds is 6. The van der Waals surface area contributed by atoms with Crippen molar-refractivity contribution in [1.82, 2.24) is 4.90 Å². The highest BCUT2D eigenvalue weighted by Crippen LogP contribution is 2.22. The van der Waals surface area contributed by atoms with Gasteiger partial charge in [0.1, 0.15) is 5.75 Å². The van der Waals surface area contributed by atoms with Gasteiger partial charge in [-0.25, -0.2) is 0 Å². The molecular formula is C17H28ClN3O2. The van der Waals surface area contributed by atoms with Crippen LogP contribution >= 0.6 is 12.4 Å². The molecule has 1 amide bonds. The summed E-state index contributed by atoms with van der Waals surface area (Å²) in [6.45, 7) is 6.80. The Bertz CT molecular complexity index is 481. The van der Waals surface area contributed by atoms with Crippen molar-refractivity contribution in [3.8, 4) is 5.75 Å². The molecule has 2 unspecified atom stereocenters. The zero-order valence-corrected chi connectivity index (χ0v) is 14.8. The summed E-state index contributed by atoms with van der Waals surface area (Å²) in [4.78, 5) is 14.4. The number of hydrogen-bond donors (Lipinski definition) is 2. The Morgan fingerprint density at radius 2 is 2.09 bits per heavy atom. The first-order valence-corrected chi connectivity index (χ1v) is 8.09. The van der Waals surface area contributed by atoms with E-state index in [1.54, 1.807) is 0 Å². The number of piperidine rings is 1. The van der Waals surface area contributed by atoms with Crippen LogP contribution in [0.5, 0.6) is 5.75 Å². The lowest BCUT2D eigenvalue weighted by Crippen LogP contribution is -2.49.